The maximum Gasteiger partial charge on any atom is 0.416 e. The van der Waals surface area contributed by atoms with Crippen LogP contribution in [0.2, 0.25) is 0 Å². The van der Waals surface area contributed by atoms with Crippen LogP contribution in [0, 0.1) is 5.92 Å². The van der Waals surface area contributed by atoms with Crippen molar-refractivity contribution in [2.75, 3.05) is 33.4 Å². The standard InChI is InChI=1S/C26H30F3NO3/c1-32-23-8-3-2-7-22(23)25(13-5-14-25)24(31)17-30-15-4-6-19(16-30)18-33-21-11-9-20(10-12-21)26(27,28)29/h2-3,7-12,19H,4-6,13-18H2,1H3. The van der Waals surface area contributed by atoms with Crippen LogP contribution in [0.5, 0.6) is 11.5 Å². The highest BCUT2D eigenvalue weighted by atomic mass is 19.4. The molecule has 7 heteroatoms. The number of hydrogen-bond acceptors (Lipinski definition) is 4. The molecule has 4 rings (SSSR count). The number of carbonyl (C=O) groups is 1. The highest BCUT2D eigenvalue weighted by Gasteiger charge is 2.47. The summed E-state index contributed by atoms with van der Waals surface area (Å²) in [5, 5.41) is 0. The van der Waals surface area contributed by atoms with Gasteiger partial charge in [-0.3, -0.25) is 9.69 Å². The third-order valence-corrected chi connectivity index (χ3v) is 7.00. The van der Waals surface area contributed by atoms with E-state index in [4.69, 9.17) is 9.47 Å². The minimum absolute atomic E-state index is 0.234. The molecule has 4 nitrogen and oxygen atoms in total. The van der Waals surface area contributed by atoms with Crippen LogP contribution in [0.1, 0.15) is 43.2 Å². The van der Waals surface area contributed by atoms with E-state index in [9.17, 15) is 18.0 Å². The van der Waals surface area contributed by atoms with E-state index in [1.807, 2.05) is 24.3 Å². The fraction of sp³-hybridized carbons (Fsp3) is 0.500. The first kappa shape index (κ1) is 23.6. The van der Waals surface area contributed by atoms with Crippen molar-refractivity contribution in [2.45, 2.75) is 43.7 Å². The predicted molar refractivity (Wildman–Crippen MR) is 120 cm³/mol. The van der Waals surface area contributed by atoms with Gasteiger partial charge in [0, 0.05) is 18.0 Å². The van der Waals surface area contributed by atoms with Crippen molar-refractivity contribution in [3.8, 4) is 11.5 Å². The molecule has 1 heterocycles. The van der Waals surface area contributed by atoms with E-state index in [1.54, 1.807) is 7.11 Å². The van der Waals surface area contributed by atoms with Crippen LogP contribution in [0.3, 0.4) is 0 Å². The minimum Gasteiger partial charge on any atom is -0.496 e. The van der Waals surface area contributed by atoms with E-state index in [2.05, 4.69) is 4.90 Å². The molecule has 0 bridgehead atoms. The third-order valence-electron chi connectivity index (χ3n) is 7.00. The van der Waals surface area contributed by atoms with Gasteiger partial charge in [-0.15, -0.1) is 0 Å². The SMILES string of the molecule is COc1ccccc1C1(C(=O)CN2CCCC(COc3ccc(C(F)(F)F)cc3)C2)CCC1. The maximum absolute atomic E-state index is 13.5. The van der Waals surface area contributed by atoms with Crippen LogP contribution in [-0.4, -0.2) is 44.0 Å². The Balaban J connectivity index is 1.34. The van der Waals surface area contributed by atoms with Crippen LogP contribution in [0.15, 0.2) is 48.5 Å². The molecule has 178 valence electrons. The number of rotatable bonds is 8. The Morgan fingerprint density at radius 2 is 1.82 bits per heavy atom. The molecule has 2 aliphatic rings. The fourth-order valence-corrected chi connectivity index (χ4v) is 5.01. The molecule has 2 fully saturated rings. The number of nitrogens with zero attached hydrogens (tertiary/aromatic N) is 1. The zero-order chi connectivity index (χ0) is 23.5. The Bertz CT molecular complexity index is 954. The highest BCUT2D eigenvalue weighted by molar-refractivity contribution is 5.93. The van der Waals surface area contributed by atoms with Gasteiger partial charge in [-0.05, 0) is 62.6 Å². The lowest BCUT2D eigenvalue weighted by Gasteiger charge is -2.43. The van der Waals surface area contributed by atoms with Crippen LogP contribution in [-0.2, 0) is 16.4 Å². The van der Waals surface area contributed by atoms with Crippen molar-refractivity contribution >= 4 is 5.78 Å². The normalized spacial score (nSPS) is 20.7. The van der Waals surface area contributed by atoms with Gasteiger partial charge < -0.3 is 9.47 Å². The molecule has 1 saturated carbocycles. The Labute approximate surface area is 192 Å². The molecule has 1 aliphatic carbocycles. The fourth-order valence-electron chi connectivity index (χ4n) is 5.01. The number of carbonyl (C=O) groups excluding carboxylic acids is 1. The number of halogens is 3. The van der Waals surface area contributed by atoms with E-state index in [1.165, 1.54) is 12.1 Å². The topological polar surface area (TPSA) is 38.8 Å². The van der Waals surface area contributed by atoms with Gasteiger partial charge in [0.2, 0.25) is 0 Å². The largest absolute Gasteiger partial charge is 0.496 e. The van der Waals surface area contributed by atoms with Crippen molar-refractivity contribution in [1.29, 1.82) is 0 Å². The van der Waals surface area contributed by atoms with Gasteiger partial charge in [0.25, 0.3) is 0 Å². The van der Waals surface area contributed by atoms with E-state index in [-0.39, 0.29) is 11.7 Å². The zero-order valence-electron chi connectivity index (χ0n) is 18.9. The molecule has 33 heavy (non-hydrogen) atoms. The summed E-state index contributed by atoms with van der Waals surface area (Å²) in [7, 11) is 1.64. The van der Waals surface area contributed by atoms with E-state index in [0.29, 0.717) is 18.9 Å². The van der Waals surface area contributed by atoms with Gasteiger partial charge in [0.1, 0.15) is 11.5 Å². The van der Waals surface area contributed by atoms with E-state index in [0.717, 1.165) is 68.6 Å². The molecular formula is C26H30F3NO3. The smallest absolute Gasteiger partial charge is 0.416 e. The molecule has 0 aromatic heterocycles. The number of alkyl halides is 3. The lowest BCUT2D eigenvalue weighted by atomic mass is 9.61. The van der Waals surface area contributed by atoms with Crippen molar-refractivity contribution < 1.29 is 27.4 Å². The Kier molecular flexibility index (Phi) is 6.98. The average Bonchev–Trinajstić information content (AvgIpc) is 2.77. The molecule has 2 aromatic carbocycles. The maximum atomic E-state index is 13.5. The second kappa shape index (κ2) is 9.75. The molecule has 0 radical (unpaired) electrons. The second-order valence-electron chi connectivity index (χ2n) is 9.14. The van der Waals surface area contributed by atoms with Crippen LogP contribution in [0.25, 0.3) is 0 Å². The van der Waals surface area contributed by atoms with Gasteiger partial charge in [0.05, 0.1) is 31.2 Å². The van der Waals surface area contributed by atoms with Gasteiger partial charge in [-0.1, -0.05) is 24.6 Å². The van der Waals surface area contributed by atoms with E-state index >= 15 is 0 Å². The molecule has 1 aliphatic heterocycles. The molecule has 0 N–H and O–H groups in total. The Morgan fingerprint density at radius 3 is 2.45 bits per heavy atom. The molecule has 2 aromatic rings. The number of piperidine rings is 1. The second-order valence-corrected chi connectivity index (χ2v) is 9.14. The molecule has 0 spiro atoms. The van der Waals surface area contributed by atoms with Crippen LogP contribution >= 0.6 is 0 Å². The summed E-state index contributed by atoms with van der Waals surface area (Å²) in [4.78, 5) is 15.7. The number of likely N-dealkylation sites (tertiary alicyclic amines) is 1. The number of para-hydroxylation sites is 1. The summed E-state index contributed by atoms with van der Waals surface area (Å²) < 4.78 is 49.5. The number of benzene rings is 2. The number of ketones is 1. The molecule has 0 amide bonds. The monoisotopic (exact) mass is 461 g/mol. The zero-order valence-corrected chi connectivity index (χ0v) is 18.9. The molecule has 1 unspecified atom stereocenters. The summed E-state index contributed by atoms with van der Waals surface area (Å²) in [6.45, 7) is 2.43. The minimum atomic E-state index is -4.35. The van der Waals surface area contributed by atoms with Gasteiger partial charge in [-0.25, -0.2) is 0 Å². The van der Waals surface area contributed by atoms with Gasteiger partial charge in [-0.2, -0.15) is 13.2 Å². The molecular weight excluding hydrogens is 431 g/mol. The lowest BCUT2D eigenvalue weighted by molar-refractivity contribution is -0.137. The van der Waals surface area contributed by atoms with Crippen molar-refractivity contribution in [3.63, 3.8) is 0 Å². The summed E-state index contributed by atoms with van der Waals surface area (Å²) in [5.41, 5.74) is -0.156. The Hall–Kier alpha value is -2.54. The molecule has 1 atom stereocenters. The summed E-state index contributed by atoms with van der Waals surface area (Å²) in [6.07, 6.45) is 0.323. The number of hydrogen-bond donors (Lipinski definition) is 0. The van der Waals surface area contributed by atoms with Crippen LogP contribution < -0.4 is 9.47 Å². The van der Waals surface area contributed by atoms with Crippen molar-refractivity contribution in [2.24, 2.45) is 5.92 Å². The van der Waals surface area contributed by atoms with Gasteiger partial charge in [0.15, 0.2) is 5.78 Å². The van der Waals surface area contributed by atoms with Crippen molar-refractivity contribution in [1.82, 2.24) is 4.90 Å². The van der Waals surface area contributed by atoms with Gasteiger partial charge >= 0.3 is 6.18 Å². The van der Waals surface area contributed by atoms with Crippen molar-refractivity contribution in [3.05, 3.63) is 59.7 Å². The average molecular weight is 462 g/mol. The van der Waals surface area contributed by atoms with Crippen LogP contribution in [0.4, 0.5) is 13.2 Å². The quantitative estimate of drug-likeness (QED) is 0.521. The first-order valence-electron chi connectivity index (χ1n) is 11.5. The number of methoxy groups -OCH3 is 1. The summed E-state index contributed by atoms with van der Waals surface area (Å²) in [6, 6.07) is 12.6. The first-order valence-corrected chi connectivity index (χ1v) is 11.5. The molecule has 1 saturated heterocycles. The third kappa shape index (κ3) is 5.18. The first-order chi connectivity index (χ1) is 15.8. The Morgan fingerprint density at radius 1 is 1.09 bits per heavy atom. The lowest BCUT2D eigenvalue weighted by Crippen LogP contribution is -2.50. The predicted octanol–water partition coefficient (Wildman–Crippen LogP) is 5.50. The number of ether oxygens (including phenoxy) is 2. The van der Waals surface area contributed by atoms with E-state index < -0.39 is 17.2 Å². The number of Topliss-reactive ketones (excluding diaryl/α,β-unsaturated/α-hetero) is 1. The highest BCUT2D eigenvalue weighted by Crippen LogP contribution is 2.48. The summed E-state index contributed by atoms with van der Waals surface area (Å²) >= 11 is 0. The summed E-state index contributed by atoms with van der Waals surface area (Å²) in [5.74, 6) is 1.67.